The summed E-state index contributed by atoms with van der Waals surface area (Å²) in [6, 6.07) is 3.56. The highest BCUT2D eigenvalue weighted by atomic mass is 16.5. The zero-order chi connectivity index (χ0) is 16.4. The van der Waals surface area contributed by atoms with Gasteiger partial charge in [0.25, 0.3) is 5.91 Å². The maximum Gasteiger partial charge on any atom is 0.256 e. The summed E-state index contributed by atoms with van der Waals surface area (Å²) in [6.45, 7) is 9.12. The summed E-state index contributed by atoms with van der Waals surface area (Å²) in [5, 5.41) is 2.85. The van der Waals surface area contributed by atoms with E-state index in [0.29, 0.717) is 31.2 Å². The summed E-state index contributed by atoms with van der Waals surface area (Å²) < 4.78 is 11.2. The van der Waals surface area contributed by atoms with Gasteiger partial charge in [-0.05, 0) is 32.3 Å². The molecule has 0 saturated heterocycles. The van der Waals surface area contributed by atoms with Gasteiger partial charge in [0.05, 0.1) is 18.5 Å². The Morgan fingerprint density at radius 3 is 2.55 bits per heavy atom. The number of nitrogens with zero attached hydrogens (tertiary/aromatic N) is 1. The quantitative estimate of drug-likeness (QED) is 0.668. The van der Waals surface area contributed by atoms with E-state index in [9.17, 15) is 4.79 Å². The Labute approximate surface area is 133 Å². The van der Waals surface area contributed by atoms with E-state index in [1.165, 1.54) is 0 Å². The number of hydrogen-bond donors (Lipinski definition) is 1. The molecule has 0 aromatic carbocycles. The van der Waals surface area contributed by atoms with Gasteiger partial charge in [-0.2, -0.15) is 0 Å². The number of unbranched alkanes of at least 4 members (excludes halogenated alkanes) is 1. The molecule has 0 spiro atoms. The van der Waals surface area contributed by atoms with Crippen molar-refractivity contribution in [2.75, 3.05) is 18.5 Å². The normalized spacial score (nSPS) is 13.5. The predicted molar refractivity (Wildman–Crippen MR) is 88.2 cm³/mol. The lowest BCUT2D eigenvalue weighted by atomic mass is 10.0. The first-order valence-corrected chi connectivity index (χ1v) is 8.10. The number of ether oxygens (including phenoxy) is 2. The molecular formula is C17H28N2O3. The second-order valence-corrected chi connectivity index (χ2v) is 5.47. The second-order valence-electron chi connectivity index (χ2n) is 5.47. The van der Waals surface area contributed by atoms with Crippen LogP contribution in [0.5, 0.6) is 5.88 Å². The molecule has 1 aromatic rings. The van der Waals surface area contributed by atoms with Crippen molar-refractivity contribution in [1.29, 1.82) is 0 Å². The third kappa shape index (κ3) is 5.64. The van der Waals surface area contributed by atoms with Gasteiger partial charge in [0.1, 0.15) is 5.60 Å². The van der Waals surface area contributed by atoms with E-state index in [1.807, 2.05) is 20.8 Å². The summed E-state index contributed by atoms with van der Waals surface area (Å²) >= 11 is 0. The molecule has 0 aliphatic heterocycles. The highest BCUT2D eigenvalue weighted by Crippen LogP contribution is 2.19. The van der Waals surface area contributed by atoms with Gasteiger partial charge < -0.3 is 14.8 Å². The maximum absolute atomic E-state index is 12.4. The molecular weight excluding hydrogens is 280 g/mol. The lowest BCUT2D eigenvalue weighted by Gasteiger charge is -2.27. The zero-order valence-corrected chi connectivity index (χ0v) is 14.1. The van der Waals surface area contributed by atoms with Crippen molar-refractivity contribution in [1.82, 2.24) is 4.98 Å². The summed E-state index contributed by atoms with van der Waals surface area (Å²) in [5.74, 6) is 0.428. The Hall–Kier alpha value is -1.62. The van der Waals surface area contributed by atoms with Crippen LogP contribution in [0.2, 0.25) is 0 Å². The van der Waals surface area contributed by atoms with E-state index >= 15 is 0 Å². The first-order valence-electron chi connectivity index (χ1n) is 8.10. The molecule has 1 amide bonds. The molecule has 0 bridgehead atoms. The average Bonchev–Trinajstić information content (AvgIpc) is 2.54. The molecule has 5 heteroatoms. The number of hydrogen-bond acceptors (Lipinski definition) is 4. The lowest BCUT2D eigenvalue weighted by molar-refractivity contribution is -0.139. The smallest absolute Gasteiger partial charge is 0.256 e. The Morgan fingerprint density at radius 2 is 2.00 bits per heavy atom. The number of amides is 1. The monoisotopic (exact) mass is 308 g/mol. The topological polar surface area (TPSA) is 60.5 Å². The fraction of sp³-hybridized carbons (Fsp3) is 0.647. The minimum Gasteiger partial charge on any atom is -0.478 e. The molecule has 1 rings (SSSR count). The van der Waals surface area contributed by atoms with Crippen LogP contribution in [0, 0.1) is 0 Å². The molecule has 0 radical (unpaired) electrons. The first-order chi connectivity index (χ1) is 10.6. The summed E-state index contributed by atoms with van der Waals surface area (Å²) in [7, 11) is 0. The van der Waals surface area contributed by atoms with E-state index in [2.05, 4.69) is 17.2 Å². The number of rotatable bonds is 10. The van der Waals surface area contributed by atoms with Gasteiger partial charge in [0.2, 0.25) is 5.88 Å². The molecule has 0 unspecified atom stereocenters. The number of carbonyl (C=O) groups is 1. The number of nitrogens with one attached hydrogen (secondary N) is 1. The van der Waals surface area contributed by atoms with Crippen LogP contribution in [-0.4, -0.2) is 29.7 Å². The lowest BCUT2D eigenvalue weighted by Crippen LogP contribution is -2.42. The molecule has 0 saturated carbocycles. The molecule has 0 aliphatic rings. The average molecular weight is 308 g/mol. The zero-order valence-electron chi connectivity index (χ0n) is 14.1. The molecule has 1 heterocycles. The van der Waals surface area contributed by atoms with E-state index < -0.39 is 5.60 Å². The molecule has 1 N–H and O–H groups in total. The third-order valence-corrected chi connectivity index (χ3v) is 3.52. The minimum absolute atomic E-state index is 0.148. The van der Waals surface area contributed by atoms with Gasteiger partial charge in [-0.1, -0.05) is 27.2 Å². The van der Waals surface area contributed by atoms with E-state index in [1.54, 1.807) is 18.3 Å². The Kier molecular flexibility index (Phi) is 7.88. The van der Waals surface area contributed by atoms with Crippen molar-refractivity contribution in [3.05, 3.63) is 18.3 Å². The van der Waals surface area contributed by atoms with Gasteiger partial charge in [-0.25, -0.2) is 4.98 Å². The minimum atomic E-state index is -0.813. The highest BCUT2D eigenvalue weighted by Gasteiger charge is 2.32. The highest BCUT2D eigenvalue weighted by molar-refractivity contribution is 5.96. The SMILES string of the molecule is CCCCOc1ccc(NC(=O)[C@](C)(CC)OCCC)cn1. The van der Waals surface area contributed by atoms with Gasteiger partial charge in [0.15, 0.2) is 0 Å². The molecule has 1 atom stereocenters. The number of aromatic nitrogens is 1. The van der Waals surface area contributed by atoms with Gasteiger partial charge in [0, 0.05) is 12.7 Å². The maximum atomic E-state index is 12.4. The van der Waals surface area contributed by atoms with E-state index in [-0.39, 0.29) is 5.91 Å². The molecule has 0 fully saturated rings. The summed E-state index contributed by atoms with van der Waals surface area (Å²) in [4.78, 5) is 16.6. The standard InChI is InChI=1S/C17H28N2O3/c1-5-8-12-21-15-10-9-14(13-18-15)19-16(20)17(4,7-3)22-11-6-2/h9-10,13H,5-8,11-12H2,1-4H3,(H,19,20)/t17-/m0/s1. The Morgan fingerprint density at radius 1 is 1.23 bits per heavy atom. The van der Waals surface area contributed by atoms with Crippen LogP contribution < -0.4 is 10.1 Å². The number of anilines is 1. The summed E-state index contributed by atoms with van der Waals surface area (Å²) in [5.41, 5.74) is -0.167. The largest absolute Gasteiger partial charge is 0.478 e. The van der Waals surface area contributed by atoms with Crippen LogP contribution in [0.15, 0.2) is 18.3 Å². The van der Waals surface area contributed by atoms with Crippen LogP contribution in [-0.2, 0) is 9.53 Å². The van der Waals surface area contributed by atoms with Crippen molar-refractivity contribution in [3.63, 3.8) is 0 Å². The molecule has 1 aromatic heterocycles. The van der Waals surface area contributed by atoms with Gasteiger partial charge >= 0.3 is 0 Å². The van der Waals surface area contributed by atoms with E-state index in [0.717, 1.165) is 19.3 Å². The fourth-order valence-electron chi connectivity index (χ4n) is 1.78. The van der Waals surface area contributed by atoms with Gasteiger partial charge in [-0.3, -0.25) is 4.79 Å². The first kappa shape index (κ1) is 18.4. The van der Waals surface area contributed by atoms with Gasteiger partial charge in [-0.15, -0.1) is 0 Å². The predicted octanol–water partition coefficient (Wildman–Crippen LogP) is 3.79. The Balaban J connectivity index is 2.59. The Bertz CT molecular complexity index is 448. The van der Waals surface area contributed by atoms with Crippen LogP contribution in [0.1, 0.15) is 53.4 Å². The van der Waals surface area contributed by atoms with Crippen LogP contribution >= 0.6 is 0 Å². The van der Waals surface area contributed by atoms with Crippen molar-refractivity contribution < 1.29 is 14.3 Å². The van der Waals surface area contributed by atoms with Crippen LogP contribution in [0.4, 0.5) is 5.69 Å². The molecule has 5 nitrogen and oxygen atoms in total. The van der Waals surface area contributed by atoms with Crippen molar-refractivity contribution in [2.45, 2.75) is 59.0 Å². The third-order valence-electron chi connectivity index (χ3n) is 3.52. The second kappa shape index (κ2) is 9.41. The summed E-state index contributed by atoms with van der Waals surface area (Å²) in [6.07, 6.45) is 5.19. The van der Waals surface area contributed by atoms with Crippen molar-refractivity contribution in [2.24, 2.45) is 0 Å². The van der Waals surface area contributed by atoms with Crippen molar-refractivity contribution in [3.8, 4) is 5.88 Å². The molecule has 124 valence electrons. The fourth-order valence-corrected chi connectivity index (χ4v) is 1.78. The molecule has 0 aliphatic carbocycles. The molecule has 22 heavy (non-hydrogen) atoms. The van der Waals surface area contributed by atoms with Crippen LogP contribution in [0.25, 0.3) is 0 Å². The number of carbonyl (C=O) groups excluding carboxylic acids is 1. The van der Waals surface area contributed by atoms with Crippen molar-refractivity contribution >= 4 is 11.6 Å². The van der Waals surface area contributed by atoms with Crippen LogP contribution in [0.3, 0.4) is 0 Å². The number of pyridine rings is 1. The van der Waals surface area contributed by atoms with E-state index in [4.69, 9.17) is 9.47 Å².